The molecule has 0 aliphatic heterocycles. The number of rotatable bonds is 8. The zero-order chi connectivity index (χ0) is 14.0. The Morgan fingerprint density at radius 1 is 0.800 bits per heavy atom. The van der Waals surface area contributed by atoms with Gasteiger partial charge in [0.15, 0.2) is 0 Å². The fourth-order valence-electron chi connectivity index (χ4n) is 2.44. The summed E-state index contributed by atoms with van der Waals surface area (Å²) in [6.07, 6.45) is 6.22. The summed E-state index contributed by atoms with van der Waals surface area (Å²) in [4.78, 5) is 0. The smallest absolute Gasteiger partial charge is 0.0376 e. The Morgan fingerprint density at radius 3 is 2.35 bits per heavy atom. The zero-order valence-electron chi connectivity index (χ0n) is 12.4. The van der Waals surface area contributed by atoms with Crippen LogP contribution in [0.5, 0.6) is 0 Å². The Balaban J connectivity index is 1.92. The van der Waals surface area contributed by atoms with Crippen LogP contribution in [0.2, 0.25) is 0 Å². The molecule has 0 spiro atoms. The molecule has 0 atom stereocenters. The molecule has 0 amide bonds. The molecule has 0 aliphatic rings. The first kappa shape index (κ1) is 14.6. The number of nitrogens with one attached hydrogen (secondary N) is 1. The highest BCUT2D eigenvalue weighted by atomic mass is 14.9. The lowest BCUT2D eigenvalue weighted by Crippen LogP contribution is -2.04. The molecule has 106 valence electrons. The Labute approximate surface area is 123 Å². The highest BCUT2D eigenvalue weighted by Crippen LogP contribution is 2.19. The van der Waals surface area contributed by atoms with Crippen molar-refractivity contribution >= 4 is 5.69 Å². The van der Waals surface area contributed by atoms with Crippen LogP contribution in [0.4, 0.5) is 5.69 Å². The van der Waals surface area contributed by atoms with E-state index in [1.807, 2.05) is 0 Å². The van der Waals surface area contributed by atoms with Gasteiger partial charge in [0.2, 0.25) is 0 Å². The summed E-state index contributed by atoms with van der Waals surface area (Å²) in [5.74, 6) is 0. The maximum Gasteiger partial charge on any atom is 0.0376 e. The molecule has 2 rings (SSSR count). The molecule has 0 saturated carbocycles. The molecule has 0 saturated heterocycles. The largest absolute Gasteiger partial charge is 0.385 e. The van der Waals surface area contributed by atoms with Crippen LogP contribution in [0.3, 0.4) is 0 Å². The molecule has 0 unspecified atom stereocenters. The van der Waals surface area contributed by atoms with Gasteiger partial charge in [0.1, 0.15) is 0 Å². The molecular weight excluding hydrogens is 242 g/mol. The van der Waals surface area contributed by atoms with Crippen LogP contribution in [-0.2, 0) is 6.42 Å². The molecule has 2 aromatic rings. The zero-order valence-corrected chi connectivity index (χ0v) is 12.4. The minimum Gasteiger partial charge on any atom is -0.385 e. The van der Waals surface area contributed by atoms with Crippen molar-refractivity contribution in [2.45, 2.75) is 39.0 Å². The van der Waals surface area contributed by atoms with Gasteiger partial charge in [0.25, 0.3) is 0 Å². The third-order valence-corrected chi connectivity index (χ3v) is 3.60. The van der Waals surface area contributed by atoms with Gasteiger partial charge < -0.3 is 5.32 Å². The summed E-state index contributed by atoms with van der Waals surface area (Å²) in [7, 11) is 0. The Morgan fingerprint density at radius 2 is 1.55 bits per heavy atom. The normalized spacial score (nSPS) is 10.4. The molecule has 0 fully saturated rings. The number of hydrogen-bond acceptors (Lipinski definition) is 1. The van der Waals surface area contributed by atoms with E-state index in [9.17, 15) is 0 Å². The first-order chi connectivity index (χ1) is 9.90. The van der Waals surface area contributed by atoms with Crippen molar-refractivity contribution < 1.29 is 0 Å². The summed E-state index contributed by atoms with van der Waals surface area (Å²) in [6.45, 7) is 3.33. The fourth-order valence-corrected chi connectivity index (χ4v) is 2.44. The number of anilines is 1. The van der Waals surface area contributed by atoms with Crippen LogP contribution >= 0.6 is 0 Å². The van der Waals surface area contributed by atoms with Crippen molar-refractivity contribution in [3.63, 3.8) is 0 Å². The number of hydrogen-bond donors (Lipinski definition) is 1. The van der Waals surface area contributed by atoms with Crippen LogP contribution < -0.4 is 5.32 Å². The van der Waals surface area contributed by atoms with Crippen LogP contribution in [0.25, 0.3) is 0 Å². The molecule has 0 radical (unpaired) electrons. The summed E-state index contributed by atoms with van der Waals surface area (Å²) < 4.78 is 0. The van der Waals surface area contributed by atoms with Gasteiger partial charge in [-0.25, -0.2) is 0 Å². The van der Waals surface area contributed by atoms with Gasteiger partial charge >= 0.3 is 0 Å². The Kier molecular flexibility index (Phi) is 6.16. The maximum absolute atomic E-state index is 3.59. The lowest BCUT2D eigenvalue weighted by molar-refractivity contribution is 0.685. The highest BCUT2D eigenvalue weighted by Gasteiger charge is 2.02. The van der Waals surface area contributed by atoms with Crippen molar-refractivity contribution in [3.8, 4) is 0 Å². The molecule has 1 nitrogen and oxygen atoms in total. The quantitative estimate of drug-likeness (QED) is 0.642. The molecule has 2 aromatic carbocycles. The SMILES string of the molecule is CCCCCCNc1ccccc1Cc1ccccc1. The predicted octanol–water partition coefficient (Wildman–Crippen LogP) is 5.27. The van der Waals surface area contributed by atoms with Gasteiger partial charge in [-0.15, -0.1) is 0 Å². The topological polar surface area (TPSA) is 12.0 Å². The molecule has 0 aromatic heterocycles. The minimum atomic E-state index is 0.999. The molecule has 0 bridgehead atoms. The average molecular weight is 267 g/mol. The monoisotopic (exact) mass is 267 g/mol. The average Bonchev–Trinajstić information content (AvgIpc) is 2.50. The van der Waals surface area contributed by atoms with Crippen molar-refractivity contribution in [3.05, 3.63) is 65.7 Å². The molecule has 0 aliphatic carbocycles. The van der Waals surface area contributed by atoms with Crippen LogP contribution in [0, 0.1) is 0 Å². The lowest BCUT2D eigenvalue weighted by atomic mass is 10.0. The van der Waals surface area contributed by atoms with Gasteiger partial charge in [-0.2, -0.15) is 0 Å². The second-order valence-electron chi connectivity index (χ2n) is 5.31. The van der Waals surface area contributed by atoms with E-state index >= 15 is 0 Å². The van der Waals surface area contributed by atoms with E-state index in [4.69, 9.17) is 0 Å². The van der Waals surface area contributed by atoms with Crippen molar-refractivity contribution in [2.75, 3.05) is 11.9 Å². The van der Waals surface area contributed by atoms with E-state index in [-0.39, 0.29) is 0 Å². The highest BCUT2D eigenvalue weighted by molar-refractivity contribution is 5.52. The number of unbranched alkanes of at least 4 members (excludes halogenated alkanes) is 3. The van der Waals surface area contributed by atoms with Gasteiger partial charge in [0.05, 0.1) is 0 Å². The first-order valence-electron chi connectivity index (χ1n) is 7.76. The standard InChI is InChI=1S/C19H25N/c1-2-3-4-10-15-20-19-14-9-8-13-18(19)16-17-11-6-5-7-12-17/h5-9,11-14,20H,2-4,10,15-16H2,1H3. The van der Waals surface area contributed by atoms with Gasteiger partial charge in [-0.05, 0) is 30.0 Å². The number of para-hydroxylation sites is 1. The van der Waals surface area contributed by atoms with E-state index in [1.165, 1.54) is 42.5 Å². The third-order valence-electron chi connectivity index (χ3n) is 3.60. The molecule has 20 heavy (non-hydrogen) atoms. The van der Waals surface area contributed by atoms with E-state index in [0.717, 1.165) is 13.0 Å². The lowest BCUT2D eigenvalue weighted by Gasteiger charge is -2.12. The van der Waals surface area contributed by atoms with E-state index in [0.29, 0.717) is 0 Å². The molecule has 0 heterocycles. The van der Waals surface area contributed by atoms with Gasteiger partial charge in [0, 0.05) is 12.2 Å². The van der Waals surface area contributed by atoms with Crippen molar-refractivity contribution in [1.29, 1.82) is 0 Å². The fraction of sp³-hybridized carbons (Fsp3) is 0.368. The Hall–Kier alpha value is -1.76. The second kappa shape index (κ2) is 8.42. The van der Waals surface area contributed by atoms with E-state index < -0.39 is 0 Å². The molecule has 1 N–H and O–H groups in total. The molecule has 1 heteroatoms. The van der Waals surface area contributed by atoms with Gasteiger partial charge in [-0.1, -0.05) is 74.7 Å². The third kappa shape index (κ3) is 4.73. The minimum absolute atomic E-state index is 0.999. The molecular formula is C19H25N. The van der Waals surface area contributed by atoms with Crippen molar-refractivity contribution in [1.82, 2.24) is 0 Å². The maximum atomic E-state index is 3.59. The predicted molar refractivity (Wildman–Crippen MR) is 88.3 cm³/mol. The summed E-state index contributed by atoms with van der Waals surface area (Å²) in [5.41, 5.74) is 4.04. The van der Waals surface area contributed by atoms with Crippen LogP contribution in [-0.4, -0.2) is 6.54 Å². The van der Waals surface area contributed by atoms with Crippen LogP contribution in [0.15, 0.2) is 54.6 Å². The summed E-state index contributed by atoms with van der Waals surface area (Å²) >= 11 is 0. The summed E-state index contributed by atoms with van der Waals surface area (Å²) in [6, 6.07) is 19.3. The first-order valence-corrected chi connectivity index (χ1v) is 7.76. The van der Waals surface area contributed by atoms with Crippen LogP contribution in [0.1, 0.15) is 43.7 Å². The van der Waals surface area contributed by atoms with E-state index in [1.54, 1.807) is 0 Å². The van der Waals surface area contributed by atoms with Crippen molar-refractivity contribution in [2.24, 2.45) is 0 Å². The summed E-state index contributed by atoms with van der Waals surface area (Å²) in [5, 5.41) is 3.59. The Bertz CT molecular complexity index is 490. The number of benzene rings is 2. The van der Waals surface area contributed by atoms with E-state index in [2.05, 4.69) is 66.8 Å². The second-order valence-corrected chi connectivity index (χ2v) is 5.31. The van der Waals surface area contributed by atoms with Gasteiger partial charge in [-0.3, -0.25) is 0 Å².